The molecule has 90 valence electrons. The summed E-state index contributed by atoms with van der Waals surface area (Å²) in [6, 6.07) is 9.45. The molecular weight excluding hydrogens is 287 g/mol. The van der Waals surface area contributed by atoms with Crippen LogP contribution in [0.25, 0.3) is 21.6 Å². The number of benzene rings is 1. The Labute approximate surface area is 118 Å². The third kappa shape index (κ3) is 2.09. The summed E-state index contributed by atoms with van der Waals surface area (Å²) in [5.74, 6) is 0.608. The largest absolute Gasteiger partial charge is 0.217 e. The minimum absolute atomic E-state index is 0.485. The fourth-order valence-corrected chi connectivity index (χ4v) is 3.11. The van der Waals surface area contributed by atoms with Gasteiger partial charge >= 0.3 is 0 Å². The summed E-state index contributed by atoms with van der Waals surface area (Å²) in [6.45, 7) is 2.03. The van der Waals surface area contributed by atoms with Crippen molar-refractivity contribution in [3.05, 3.63) is 45.4 Å². The third-order valence-corrected chi connectivity index (χ3v) is 4.02. The summed E-state index contributed by atoms with van der Waals surface area (Å²) < 4.78 is 0. The van der Waals surface area contributed by atoms with E-state index in [-0.39, 0.29) is 0 Å². The predicted octanol–water partition coefficient (Wildman–Crippen LogP) is 4.97. The van der Waals surface area contributed by atoms with Crippen LogP contribution >= 0.6 is 34.5 Å². The highest BCUT2D eigenvalue weighted by molar-refractivity contribution is 7.18. The number of thiophene rings is 1. The van der Waals surface area contributed by atoms with E-state index in [1.807, 2.05) is 37.3 Å². The Morgan fingerprint density at radius 1 is 1.11 bits per heavy atom. The van der Waals surface area contributed by atoms with Crippen LogP contribution in [0.15, 0.2) is 30.3 Å². The fraction of sp³-hybridized carbons (Fsp3) is 0.0769. The first-order chi connectivity index (χ1) is 8.63. The van der Waals surface area contributed by atoms with E-state index in [1.165, 1.54) is 4.88 Å². The van der Waals surface area contributed by atoms with Gasteiger partial charge in [-0.2, -0.15) is 0 Å². The van der Waals surface area contributed by atoms with Gasteiger partial charge < -0.3 is 0 Å². The number of rotatable bonds is 1. The van der Waals surface area contributed by atoms with E-state index in [1.54, 1.807) is 11.3 Å². The number of hydrogen-bond donors (Lipinski definition) is 0. The SMILES string of the molecule is Cc1cc2c(Cl)nc(-c3cccc(Cl)c3)nc2s1. The van der Waals surface area contributed by atoms with E-state index in [0.717, 1.165) is 15.8 Å². The molecule has 1 aromatic carbocycles. The maximum atomic E-state index is 6.19. The Hall–Kier alpha value is -1.16. The second-order valence-electron chi connectivity index (χ2n) is 3.92. The van der Waals surface area contributed by atoms with Gasteiger partial charge in [0.05, 0.1) is 0 Å². The van der Waals surface area contributed by atoms with Crippen molar-refractivity contribution in [2.75, 3.05) is 0 Å². The van der Waals surface area contributed by atoms with E-state index >= 15 is 0 Å². The Balaban J connectivity index is 2.24. The van der Waals surface area contributed by atoms with Gasteiger partial charge in [0.15, 0.2) is 5.82 Å². The summed E-state index contributed by atoms with van der Waals surface area (Å²) >= 11 is 13.8. The zero-order valence-corrected chi connectivity index (χ0v) is 11.8. The Bertz CT molecular complexity index is 737. The maximum absolute atomic E-state index is 6.19. The molecule has 0 atom stereocenters. The molecule has 0 fully saturated rings. The van der Waals surface area contributed by atoms with Crippen LogP contribution in [0.5, 0.6) is 0 Å². The lowest BCUT2D eigenvalue weighted by Gasteiger charge is -2.02. The van der Waals surface area contributed by atoms with Crippen molar-refractivity contribution in [1.82, 2.24) is 9.97 Å². The van der Waals surface area contributed by atoms with Crippen LogP contribution in [0.3, 0.4) is 0 Å². The zero-order valence-electron chi connectivity index (χ0n) is 9.45. The maximum Gasteiger partial charge on any atom is 0.162 e. The topological polar surface area (TPSA) is 25.8 Å². The summed E-state index contributed by atoms with van der Waals surface area (Å²) in [5.41, 5.74) is 0.873. The minimum atomic E-state index is 0.485. The molecule has 0 bridgehead atoms. The highest BCUT2D eigenvalue weighted by Gasteiger charge is 2.10. The molecule has 0 amide bonds. The summed E-state index contributed by atoms with van der Waals surface area (Å²) in [4.78, 5) is 10.9. The highest BCUT2D eigenvalue weighted by atomic mass is 35.5. The normalized spacial score (nSPS) is 11.1. The van der Waals surface area contributed by atoms with Gasteiger partial charge in [0.2, 0.25) is 0 Å². The minimum Gasteiger partial charge on any atom is -0.217 e. The van der Waals surface area contributed by atoms with Crippen LogP contribution in [-0.4, -0.2) is 9.97 Å². The molecule has 0 spiro atoms. The van der Waals surface area contributed by atoms with E-state index < -0.39 is 0 Å². The molecule has 2 heterocycles. The van der Waals surface area contributed by atoms with Crippen LogP contribution in [0, 0.1) is 6.92 Å². The lowest BCUT2D eigenvalue weighted by Crippen LogP contribution is -1.89. The summed E-state index contributed by atoms with van der Waals surface area (Å²) in [6.07, 6.45) is 0. The van der Waals surface area contributed by atoms with Crippen molar-refractivity contribution in [3.63, 3.8) is 0 Å². The van der Waals surface area contributed by atoms with E-state index in [9.17, 15) is 0 Å². The van der Waals surface area contributed by atoms with Gasteiger partial charge in [-0.05, 0) is 25.1 Å². The monoisotopic (exact) mass is 294 g/mol. The van der Waals surface area contributed by atoms with Gasteiger partial charge in [0, 0.05) is 20.8 Å². The van der Waals surface area contributed by atoms with Crippen LogP contribution in [0.4, 0.5) is 0 Å². The molecule has 0 radical (unpaired) electrons. The molecule has 0 aliphatic rings. The van der Waals surface area contributed by atoms with Crippen molar-refractivity contribution in [1.29, 1.82) is 0 Å². The fourth-order valence-electron chi connectivity index (χ4n) is 1.76. The van der Waals surface area contributed by atoms with Crippen LogP contribution in [0.1, 0.15) is 4.88 Å². The number of aryl methyl sites for hydroxylation is 1. The average molecular weight is 295 g/mol. The molecule has 3 rings (SSSR count). The first kappa shape index (κ1) is 11.9. The smallest absolute Gasteiger partial charge is 0.162 e. The van der Waals surface area contributed by atoms with Crippen molar-refractivity contribution in [2.24, 2.45) is 0 Å². The predicted molar refractivity (Wildman–Crippen MR) is 77.6 cm³/mol. The van der Waals surface area contributed by atoms with Crippen molar-refractivity contribution >= 4 is 44.8 Å². The number of hydrogen-bond acceptors (Lipinski definition) is 3. The first-order valence-electron chi connectivity index (χ1n) is 5.33. The van der Waals surface area contributed by atoms with Gasteiger partial charge in [-0.1, -0.05) is 35.3 Å². The number of aromatic nitrogens is 2. The molecule has 0 aliphatic carbocycles. The van der Waals surface area contributed by atoms with E-state index in [2.05, 4.69) is 9.97 Å². The molecule has 3 aromatic rings. The van der Waals surface area contributed by atoms with Gasteiger partial charge in [-0.15, -0.1) is 11.3 Å². The van der Waals surface area contributed by atoms with Crippen molar-refractivity contribution in [2.45, 2.75) is 6.92 Å². The van der Waals surface area contributed by atoms with Crippen LogP contribution in [0.2, 0.25) is 10.2 Å². The number of halogens is 2. The molecule has 2 nitrogen and oxygen atoms in total. The standard InChI is InChI=1S/C13H8Cl2N2S/c1-7-5-10-11(15)16-12(17-13(10)18-7)8-3-2-4-9(14)6-8/h2-6H,1H3. The highest BCUT2D eigenvalue weighted by Crippen LogP contribution is 2.31. The van der Waals surface area contributed by atoms with E-state index in [4.69, 9.17) is 23.2 Å². The molecule has 2 aromatic heterocycles. The second-order valence-corrected chi connectivity index (χ2v) is 5.95. The molecule has 0 aliphatic heterocycles. The van der Waals surface area contributed by atoms with Gasteiger partial charge in [-0.3, -0.25) is 0 Å². The van der Waals surface area contributed by atoms with Crippen molar-refractivity contribution < 1.29 is 0 Å². The van der Waals surface area contributed by atoms with E-state index in [0.29, 0.717) is 16.0 Å². The number of nitrogens with zero attached hydrogens (tertiary/aromatic N) is 2. The lowest BCUT2D eigenvalue weighted by molar-refractivity contribution is 1.24. The molecule has 0 saturated carbocycles. The first-order valence-corrected chi connectivity index (χ1v) is 6.90. The molecule has 5 heteroatoms. The van der Waals surface area contributed by atoms with Crippen molar-refractivity contribution in [3.8, 4) is 11.4 Å². The Morgan fingerprint density at radius 2 is 1.94 bits per heavy atom. The molecule has 0 saturated heterocycles. The number of fused-ring (bicyclic) bond motifs is 1. The van der Waals surface area contributed by atoms with Crippen LogP contribution in [-0.2, 0) is 0 Å². The molecule has 0 N–H and O–H groups in total. The zero-order chi connectivity index (χ0) is 12.7. The quantitative estimate of drug-likeness (QED) is 0.592. The Morgan fingerprint density at radius 3 is 2.72 bits per heavy atom. The third-order valence-electron chi connectivity index (χ3n) is 2.55. The molecule has 0 unspecified atom stereocenters. The summed E-state index contributed by atoms with van der Waals surface area (Å²) in [7, 11) is 0. The molecule has 18 heavy (non-hydrogen) atoms. The van der Waals surface area contributed by atoms with Gasteiger partial charge in [0.25, 0.3) is 0 Å². The summed E-state index contributed by atoms with van der Waals surface area (Å²) in [5, 5.41) is 2.05. The van der Waals surface area contributed by atoms with Gasteiger partial charge in [0.1, 0.15) is 9.98 Å². The average Bonchev–Trinajstić information content (AvgIpc) is 2.70. The van der Waals surface area contributed by atoms with Crippen LogP contribution < -0.4 is 0 Å². The van der Waals surface area contributed by atoms with Gasteiger partial charge in [-0.25, -0.2) is 9.97 Å². The Kier molecular flexibility index (Phi) is 2.98. The molecular formula is C13H8Cl2N2S. The lowest BCUT2D eigenvalue weighted by atomic mass is 10.2. The second kappa shape index (κ2) is 4.50.